The maximum atomic E-state index is 13.4. The van der Waals surface area contributed by atoms with Gasteiger partial charge in [-0.1, -0.05) is 108 Å². The van der Waals surface area contributed by atoms with Crippen LogP contribution < -0.4 is 0 Å². The van der Waals surface area contributed by atoms with E-state index in [-0.39, 0.29) is 0 Å². The molecule has 3 heterocycles. The zero-order chi connectivity index (χ0) is 35.7. The number of nitrogens with zero attached hydrogens (tertiary/aromatic N) is 5. The Labute approximate surface area is 301 Å². The summed E-state index contributed by atoms with van der Waals surface area (Å²) in [6.07, 6.45) is -4.43. The van der Waals surface area contributed by atoms with Crippen LogP contribution >= 0.6 is 0 Å². The molecule has 10 rings (SSSR count). The maximum Gasteiger partial charge on any atom is 0.416 e. The minimum atomic E-state index is -4.43. The summed E-state index contributed by atoms with van der Waals surface area (Å²) in [4.78, 5) is 0. The smallest absolute Gasteiger partial charge is 0.309 e. The van der Waals surface area contributed by atoms with Crippen molar-refractivity contribution < 1.29 is 13.2 Å². The number of benzene rings is 7. The Hall–Kier alpha value is -6.93. The molecule has 0 radical (unpaired) electrons. The first kappa shape index (κ1) is 30.9. The van der Waals surface area contributed by atoms with Gasteiger partial charge in [0.1, 0.15) is 11.4 Å². The van der Waals surface area contributed by atoms with E-state index in [1.807, 2.05) is 48.5 Å². The Kier molecular flexibility index (Phi) is 6.88. The molecular formula is C45H28F3N5. The normalized spacial score (nSPS) is 12.1. The molecule has 0 bridgehead atoms. The van der Waals surface area contributed by atoms with Gasteiger partial charge in [-0.2, -0.15) is 13.2 Å². The number of hydrogen-bond donors (Lipinski definition) is 0. The Balaban J connectivity index is 1.15. The fourth-order valence-electron chi connectivity index (χ4n) is 7.70. The average Bonchev–Trinajstić information content (AvgIpc) is 3.89. The van der Waals surface area contributed by atoms with Gasteiger partial charge >= 0.3 is 6.18 Å². The zero-order valence-electron chi connectivity index (χ0n) is 28.0. The molecule has 0 fully saturated rings. The highest BCUT2D eigenvalue weighted by Gasteiger charge is 2.30. The average molecular weight is 696 g/mol. The van der Waals surface area contributed by atoms with Crippen LogP contribution in [-0.2, 0) is 6.18 Å². The molecule has 10 aromatic rings. The lowest BCUT2D eigenvalue weighted by Crippen LogP contribution is -2.06. The van der Waals surface area contributed by atoms with E-state index >= 15 is 0 Å². The quantitative estimate of drug-likeness (QED) is 0.180. The molecule has 53 heavy (non-hydrogen) atoms. The lowest BCUT2D eigenvalue weighted by molar-refractivity contribution is -0.137. The van der Waals surface area contributed by atoms with E-state index in [2.05, 4.69) is 117 Å². The second kappa shape index (κ2) is 11.8. The van der Waals surface area contributed by atoms with E-state index in [4.69, 9.17) is 0 Å². The van der Waals surface area contributed by atoms with E-state index in [0.717, 1.165) is 62.1 Å². The summed E-state index contributed by atoms with van der Waals surface area (Å²) in [6.45, 7) is 0. The van der Waals surface area contributed by atoms with Crippen LogP contribution in [0.2, 0.25) is 0 Å². The van der Waals surface area contributed by atoms with Gasteiger partial charge in [0.2, 0.25) is 0 Å². The van der Waals surface area contributed by atoms with Crippen LogP contribution in [-0.4, -0.2) is 24.1 Å². The van der Waals surface area contributed by atoms with Crippen LogP contribution in [0.5, 0.6) is 0 Å². The summed E-state index contributed by atoms with van der Waals surface area (Å²) in [5, 5.41) is 13.7. The molecule has 0 N–H and O–H groups in total. The molecule has 254 valence electrons. The molecule has 0 aliphatic carbocycles. The summed E-state index contributed by atoms with van der Waals surface area (Å²) < 4.78 is 46.4. The Morgan fingerprint density at radius 1 is 0.434 bits per heavy atom. The number of aromatic nitrogens is 5. The molecule has 3 aromatic heterocycles. The fraction of sp³-hybridized carbons (Fsp3) is 0.0222. The van der Waals surface area contributed by atoms with Crippen molar-refractivity contribution in [3.8, 4) is 39.6 Å². The van der Waals surface area contributed by atoms with Gasteiger partial charge in [-0.25, -0.2) is 4.68 Å². The first-order chi connectivity index (χ1) is 26.0. The molecular weight excluding hydrogens is 668 g/mol. The van der Waals surface area contributed by atoms with Crippen molar-refractivity contribution in [3.63, 3.8) is 0 Å². The van der Waals surface area contributed by atoms with Crippen molar-refractivity contribution in [3.05, 3.63) is 175 Å². The molecule has 0 amide bonds. The third-order valence-electron chi connectivity index (χ3n) is 10.0. The minimum absolute atomic E-state index is 0.483. The highest BCUT2D eigenvalue weighted by Crippen LogP contribution is 2.42. The number of fused-ring (bicyclic) bond motifs is 7. The van der Waals surface area contributed by atoms with Gasteiger partial charge in [0, 0.05) is 44.0 Å². The molecule has 5 nitrogen and oxygen atoms in total. The molecule has 0 unspecified atom stereocenters. The molecule has 0 saturated heterocycles. The van der Waals surface area contributed by atoms with Crippen molar-refractivity contribution in [2.75, 3.05) is 0 Å². The van der Waals surface area contributed by atoms with E-state index < -0.39 is 11.7 Å². The van der Waals surface area contributed by atoms with Crippen molar-refractivity contribution >= 4 is 43.6 Å². The van der Waals surface area contributed by atoms with Crippen LogP contribution in [0.15, 0.2) is 170 Å². The van der Waals surface area contributed by atoms with Gasteiger partial charge in [0.15, 0.2) is 0 Å². The van der Waals surface area contributed by atoms with Crippen LogP contribution in [0.1, 0.15) is 5.56 Å². The van der Waals surface area contributed by atoms with Crippen molar-refractivity contribution in [1.29, 1.82) is 0 Å². The minimum Gasteiger partial charge on any atom is -0.309 e. The molecule has 0 aliphatic rings. The van der Waals surface area contributed by atoms with Gasteiger partial charge in [0.25, 0.3) is 0 Å². The van der Waals surface area contributed by atoms with Crippen LogP contribution in [0, 0.1) is 0 Å². The first-order valence-electron chi connectivity index (χ1n) is 17.3. The SMILES string of the molecule is FC(F)(F)c1ccc(-n2nnc(-c3ccc(-n4c5ccccc5c5c4ccc4c6ccccc6n(-c6ccccc6)c45)cc3)c2-c2ccccc2)cc1. The number of para-hydroxylation sites is 3. The number of alkyl halides is 3. The maximum absolute atomic E-state index is 13.4. The van der Waals surface area contributed by atoms with E-state index in [1.165, 1.54) is 28.3 Å². The number of hydrogen-bond acceptors (Lipinski definition) is 2. The van der Waals surface area contributed by atoms with Gasteiger partial charge in [-0.3, -0.25) is 0 Å². The van der Waals surface area contributed by atoms with E-state index in [9.17, 15) is 13.2 Å². The summed E-state index contributed by atoms with van der Waals surface area (Å²) in [5.41, 5.74) is 9.33. The zero-order valence-corrected chi connectivity index (χ0v) is 28.0. The van der Waals surface area contributed by atoms with Gasteiger partial charge in [0.05, 0.1) is 33.3 Å². The molecule has 0 aliphatic heterocycles. The third-order valence-corrected chi connectivity index (χ3v) is 10.0. The Bertz CT molecular complexity index is 2960. The predicted octanol–water partition coefficient (Wildman–Crippen LogP) is 11.8. The molecule has 0 atom stereocenters. The topological polar surface area (TPSA) is 40.6 Å². The summed E-state index contributed by atoms with van der Waals surface area (Å²) in [5.74, 6) is 0. The molecule has 8 heteroatoms. The van der Waals surface area contributed by atoms with Crippen molar-refractivity contribution in [2.45, 2.75) is 6.18 Å². The van der Waals surface area contributed by atoms with Crippen molar-refractivity contribution in [1.82, 2.24) is 24.1 Å². The van der Waals surface area contributed by atoms with Gasteiger partial charge in [-0.05, 0) is 66.7 Å². The van der Waals surface area contributed by atoms with Crippen LogP contribution in [0.25, 0.3) is 83.2 Å². The summed E-state index contributed by atoms with van der Waals surface area (Å²) in [6, 6.07) is 54.9. The number of rotatable bonds is 5. The van der Waals surface area contributed by atoms with Crippen molar-refractivity contribution in [2.24, 2.45) is 0 Å². The summed E-state index contributed by atoms with van der Waals surface area (Å²) >= 11 is 0. The largest absolute Gasteiger partial charge is 0.416 e. The summed E-state index contributed by atoms with van der Waals surface area (Å²) in [7, 11) is 0. The highest BCUT2D eigenvalue weighted by atomic mass is 19.4. The highest BCUT2D eigenvalue weighted by molar-refractivity contribution is 6.26. The first-order valence-corrected chi connectivity index (χ1v) is 17.3. The van der Waals surface area contributed by atoms with Crippen LogP contribution in [0.4, 0.5) is 13.2 Å². The fourth-order valence-corrected chi connectivity index (χ4v) is 7.70. The Morgan fingerprint density at radius 2 is 1.02 bits per heavy atom. The van der Waals surface area contributed by atoms with E-state index in [0.29, 0.717) is 17.1 Å². The molecule has 0 spiro atoms. The monoisotopic (exact) mass is 695 g/mol. The van der Waals surface area contributed by atoms with Gasteiger partial charge < -0.3 is 9.13 Å². The van der Waals surface area contributed by atoms with Gasteiger partial charge in [-0.15, -0.1) is 5.10 Å². The van der Waals surface area contributed by atoms with E-state index in [1.54, 1.807) is 4.68 Å². The second-order valence-corrected chi connectivity index (χ2v) is 13.1. The molecule has 0 saturated carbocycles. The lowest BCUT2D eigenvalue weighted by Gasteiger charge is -2.12. The van der Waals surface area contributed by atoms with Crippen LogP contribution in [0.3, 0.4) is 0 Å². The second-order valence-electron chi connectivity index (χ2n) is 13.1. The lowest BCUT2D eigenvalue weighted by atomic mass is 10.0. The predicted molar refractivity (Wildman–Crippen MR) is 206 cm³/mol. The third kappa shape index (κ3) is 4.87. The number of halogens is 3. The molecule has 7 aromatic carbocycles. The Morgan fingerprint density at radius 3 is 1.72 bits per heavy atom. The standard InChI is InChI=1S/C45H28F3N5/c46-45(47,48)31-21-25-34(26-22-31)53-43(30-11-3-1-4-12-30)42(49-50-53)29-19-23-33(24-20-29)51-39-18-10-8-16-37(39)41-40(51)28-27-36-35-15-7-9-17-38(35)52(44(36)41)32-13-5-2-6-14-32/h1-28H.